The summed E-state index contributed by atoms with van der Waals surface area (Å²) >= 11 is 0. The predicted octanol–water partition coefficient (Wildman–Crippen LogP) is 3.05. The number of amides is 2. The van der Waals surface area contributed by atoms with Crippen molar-refractivity contribution in [1.82, 2.24) is 20.4 Å². The number of para-hydroxylation sites is 1. The molecule has 2 amide bonds. The van der Waals surface area contributed by atoms with E-state index in [1.165, 1.54) is 0 Å². The summed E-state index contributed by atoms with van der Waals surface area (Å²) in [4.78, 5) is 24.5. The molecule has 0 spiro atoms. The van der Waals surface area contributed by atoms with Gasteiger partial charge in [-0.1, -0.05) is 32.0 Å². The fourth-order valence-electron chi connectivity index (χ4n) is 2.88. The Morgan fingerprint density at radius 2 is 1.67 bits per heavy atom. The second-order valence-electron chi connectivity index (χ2n) is 7.10. The van der Waals surface area contributed by atoms with Gasteiger partial charge >= 0.3 is 0 Å². The van der Waals surface area contributed by atoms with E-state index in [1.54, 1.807) is 18.0 Å². The fraction of sp³-hybridized carbons (Fsp3) is 0.261. The molecule has 0 aliphatic heterocycles. The number of aromatic nitrogens is 2. The normalized spacial score (nSPS) is 10.7. The van der Waals surface area contributed by atoms with E-state index in [9.17, 15) is 9.59 Å². The maximum atomic E-state index is 12.9. The Kier molecular flexibility index (Phi) is 6.85. The Hall–Kier alpha value is -3.61. The zero-order chi connectivity index (χ0) is 21.5. The lowest BCUT2D eigenvalue weighted by atomic mass is 10.1. The van der Waals surface area contributed by atoms with Crippen molar-refractivity contribution in [3.63, 3.8) is 0 Å². The van der Waals surface area contributed by atoms with E-state index in [0.29, 0.717) is 24.3 Å². The summed E-state index contributed by atoms with van der Waals surface area (Å²) in [5, 5.41) is 10.3. The summed E-state index contributed by atoms with van der Waals surface area (Å²) in [6, 6.07) is 17.0. The van der Waals surface area contributed by atoms with Gasteiger partial charge in [-0.05, 0) is 36.4 Å². The molecule has 0 saturated heterocycles. The minimum Gasteiger partial charge on any atom is -0.497 e. The molecule has 7 nitrogen and oxygen atoms in total. The van der Waals surface area contributed by atoms with Crippen LogP contribution in [0.4, 0.5) is 0 Å². The number of carbonyl (C=O) groups excluding carboxylic acids is 2. The third-order valence-electron chi connectivity index (χ3n) is 4.58. The number of carbonyl (C=O) groups is 2. The van der Waals surface area contributed by atoms with Gasteiger partial charge in [0.05, 0.1) is 18.4 Å². The fourth-order valence-corrected chi connectivity index (χ4v) is 2.88. The number of methoxy groups -OCH3 is 1. The molecule has 3 rings (SSSR count). The molecule has 0 unspecified atom stereocenters. The molecule has 2 N–H and O–H groups in total. The average Bonchev–Trinajstić information content (AvgIpc) is 3.22. The molecule has 156 valence electrons. The van der Waals surface area contributed by atoms with Crippen LogP contribution in [0.2, 0.25) is 0 Å². The summed E-state index contributed by atoms with van der Waals surface area (Å²) in [5.41, 5.74) is 2.70. The number of rotatable bonds is 8. The highest BCUT2D eigenvalue weighted by Gasteiger charge is 2.18. The zero-order valence-corrected chi connectivity index (χ0v) is 17.4. The van der Waals surface area contributed by atoms with Crippen molar-refractivity contribution in [3.05, 3.63) is 66.4 Å². The van der Waals surface area contributed by atoms with Crippen LogP contribution in [0.5, 0.6) is 5.75 Å². The maximum Gasteiger partial charge on any atom is 0.255 e. The van der Waals surface area contributed by atoms with Crippen molar-refractivity contribution < 1.29 is 14.3 Å². The first-order chi connectivity index (χ1) is 14.5. The Morgan fingerprint density at radius 3 is 2.30 bits per heavy atom. The first-order valence-corrected chi connectivity index (χ1v) is 9.85. The van der Waals surface area contributed by atoms with Gasteiger partial charge in [0.25, 0.3) is 5.91 Å². The molecule has 0 aliphatic carbocycles. The van der Waals surface area contributed by atoms with Gasteiger partial charge in [0.2, 0.25) is 5.91 Å². The monoisotopic (exact) mass is 406 g/mol. The van der Waals surface area contributed by atoms with Crippen LogP contribution < -0.4 is 15.4 Å². The third kappa shape index (κ3) is 5.05. The van der Waals surface area contributed by atoms with Crippen molar-refractivity contribution in [3.8, 4) is 22.7 Å². The first kappa shape index (κ1) is 21.1. The summed E-state index contributed by atoms with van der Waals surface area (Å²) in [6.07, 6.45) is 1.72. The average molecular weight is 406 g/mol. The molecule has 1 heterocycles. The number of hydrogen-bond donors (Lipinski definition) is 2. The molecule has 0 radical (unpaired) electrons. The summed E-state index contributed by atoms with van der Waals surface area (Å²) in [7, 11) is 1.61. The van der Waals surface area contributed by atoms with Gasteiger partial charge < -0.3 is 15.4 Å². The van der Waals surface area contributed by atoms with Crippen LogP contribution in [0.25, 0.3) is 16.9 Å². The third-order valence-corrected chi connectivity index (χ3v) is 4.58. The SMILES string of the molecule is COc1ccc(-c2nn(-c3ccccc3)cc2C(=O)NCCNC(=O)C(C)C)cc1. The lowest BCUT2D eigenvalue weighted by molar-refractivity contribution is -0.123. The molecule has 0 bridgehead atoms. The van der Waals surface area contributed by atoms with Gasteiger partial charge in [0.15, 0.2) is 0 Å². The lowest BCUT2D eigenvalue weighted by Crippen LogP contribution is -2.36. The lowest BCUT2D eigenvalue weighted by Gasteiger charge is -2.09. The number of benzene rings is 2. The van der Waals surface area contributed by atoms with E-state index in [4.69, 9.17) is 4.74 Å². The van der Waals surface area contributed by atoms with Gasteiger partial charge in [-0.3, -0.25) is 9.59 Å². The van der Waals surface area contributed by atoms with Gasteiger partial charge in [-0.15, -0.1) is 0 Å². The molecule has 0 fully saturated rings. The quantitative estimate of drug-likeness (QED) is 0.563. The number of nitrogens with one attached hydrogen (secondary N) is 2. The van der Waals surface area contributed by atoms with E-state index in [0.717, 1.165) is 17.0 Å². The van der Waals surface area contributed by atoms with Crippen molar-refractivity contribution in [2.45, 2.75) is 13.8 Å². The first-order valence-electron chi connectivity index (χ1n) is 9.85. The Morgan fingerprint density at radius 1 is 1.00 bits per heavy atom. The Bertz CT molecular complexity index is 995. The van der Waals surface area contributed by atoms with Crippen molar-refractivity contribution in [1.29, 1.82) is 0 Å². The predicted molar refractivity (Wildman–Crippen MR) is 116 cm³/mol. The van der Waals surface area contributed by atoms with E-state index in [2.05, 4.69) is 15.7 Å². The van der Waals surface area contributed by atoms with Gasteiger partial charge in [0, 0.05) is 30.8 Å². The molecular formula is C23H26N4O3. The standard InChI is InChI=1S/C23H26N4O3/c1-16(2)22(28)24-13-14-25-23(29)20-15-27(18-7-5-4-6-8-18)26-21(20)17-9-11-19(30-3)12-10-17/h4-12,15-16H,13-14H2,1-3H3,(H,24,28)(H,25,29). The largest absolute Gasteiger partial charge is 0.497 e. The van der Waals surface area contributed by atoms with Crippen molar-refractivity contribution in [2.75, 3.05) is 20.2 Å². The van der Waals surface area contributed by atoms with Gasteiger partial charge in [0.1, 0.15) is 11.4 Å². The molecule has 0 aliphatic rings. The topological polar surface area (TPSA) is 85.2 Å². The van der Waals surface area contributed by atoms with Crippen LogP contribution in [0.15, 0.2) is 60.8 Å². The van der Waals surface area contributed by atoms with Crippen LogP contribution in [-0.4, -0.2) is 41.8 Å². The molecule has 1 aromatic heterocycles. The minimum absolute atomic E-state index is 0.0416. The number of nitrogens with zero attached hydrogens (tertiary/aromatic N) is 2. The molecule has 0 saturated carbocycles. The van der Waals surface area contributed by atoms with Crippen LogP contribution in [-0.2, 0) is 4.79 Å². The van der Waals surface area contributed by atoms with Crippen LogP contribution in [0.1, 0.15) is 24.2 Å². The molecule has 3 aromatic rings. The van der Waals surface area contributed by atoms with Crippen molar-refractivity contribution in [2.24, 2.45) is 5.92 Å². The van der Waals surface area contributed by atoms with E-state index >= 15 is 0 Å². The highest BCUT2D eigenvalue weighted by Crippen LogP contribution is 2.25. The maximum absolute atomic E-state index is 12.9. The van der Waals surface area contributed by atoms with Gasteiger partial charge in [-0.25, -0.2) is 4.68 Å². The summed E-state index contributed by atoms with van der Waals surface area (Å²) < 4.78 is 6.91. The molecule has 2 aromatic carbocycles. The van der Waals surface area contributed by atoms with Crippen LogP contribution in [0.3, 0.4) is 0 Å². The van der Waals surface area contributed by atoms with E-state index in [1.807, 2.05) is 68.4 Å². The minimum atomic E-state index is -0.248. The zero-order valence-electron chi connectivity index (χ0n) is 17.4. The Balaban J connectivity index is 1.83. The molecular weight excluding hydrogens is 380 g/mol. The highest BCUT2D eigenvalue weighted by atomic mass is 16.5. The number of ether oxygens (including phenoxy) is 1. The van der Waals surface area contributed by atoms with Crippen LogP contribution >= 0.6 is 0 Å². The second-order valence-corrected chi connectivity index (χ2v) is 7.10. The summed E-state index contributed by atoms with van der Waals surface area (Å²) in [5.74, 6) is 0.349. The smallest absolute Gasteiger partial charge is 0.255 e. The molecule has 0 atom stereocenters. The Labute approximate surface area is 176 Å². The van der Waals surface area contributed by atoms with Crippen LogP contribution in [0, 0.1) is 5.92 Å². The molecule has 7 heteroatoms. The highest BCUT2D eigenvalue weighted by molar-refractivity contribution is 6.00. The van der Waals surface area contributed by atoms with Crippen molar-refractivity contribution >= 4 is 11.8 Å². The van der Waals surface area contributed by atoms with E-state index in [-0.39, 0.29) is 17.7 Å². The van der Waals surface area contributed by atoms with E-state index < -0.39 is 0 Å². The summed E-state index contributed by atoms with van der Waals surface area (Å²) in [6.45, 7) is 4.35. The second kappa shape index (κ2) is 9.73. The molecule has 30 heavy (non-hydrogen) atoms. The van der Waals surface area contributed by atoms with Gasteiger partial charge in [-0.2, -0.15) is 5.10 Å². The number of hydrogen-bond acceptors (Lipinski definition) is 4.